The van der Waals surface area contributed by atoms with Crippen molar-refractivity contribution in [3.63, 3.8) is 0 Å². The average Bonchev–Trinajstić information content (AvgIpc) is 3.33. The van der Waals surface area contributed by atoms with Crippen LogP contribution in [0.5, 0.6) is 11.5 Å². The van der Waals surface area contributed by atoms with Crippen LogP contribution in [0.3, 0.4) is 0 Å². The number of anilines is 1. The van der Waals surface area contributed by atoms with Crippen molar-refractivity contribution < 1.29 is 19.1 Å². The second-order valence-electron chi connectivity index (χ2n) is 9.71. The average molecular weight is 574 g/mol. The Hall–Kier alpha value is -3.85. The molecule has 0 spiro atoms. The standard InChI is InChI=1S/C31H28ClN3O4S/c1-2-38-25-16-20(12-13-24(25)39-31(37)21-10-6-7-11-23(21)32)28-33-29(36)27-22-14-15-35(17-19-8-4-3-5-9-19)18-26(22)40-30(27)34-28/h3-13,16,28,34H,2,14-15,17-18H2,1H3,(H,33,36)/t28-/m0/s1. The third-order valence-corrected chi connectivity index (χ3v) is 8.54. The molecule has 2 N–H and O–H groups in total. The molecule has 204 valence electrons. The van der Waals surface area contributed by atoms with Crippen LogP contribution in [-0.2, 0) is 19.5 Å². The van der Waals surface area contributed by atoms with Gasteiger partial charge in [0.15, 0.2) is 11.5 Å². The van der Waals surface area contributed by atoms with Gasteiger partial charge in [0.25, 0.3) is 5.91 Å². The molecule has 4 aromatic rings. The molecule has 0 radical (unpaired) electrons. The Bertz CT molecular complexity index is 1570. The van der Waals surface area contributed by atoms with Crippen LogP contribution in [0.25, 0.3) is 0 Å². The largest absolute Gasteiger partial charge is 0.490 e. The smallest absolute Gasteiger partial charge is 0.345 e. The fourth-order valence-corrected chi connectivity index (χ4v) is 6.68. The molecule has 2 aliphatic rings. The number of carbonyl (C=O) groups excluding carboxylic acids is 2. The van der Waals surface area contributed by atoms with E-state index in [0.29, 0.717) is 17.4 Å². The predicted octanol–water partition coefficient (Wildman–Crippen LogP) is 6.43. The fraction of sp³-hybridized carbons (Fsp3) is 0.226. The number of thiophene rings is 1. The zero-order chi connectivity index (χ0) is 27.6. The number of rotatable bonds is 7. The minimum atomic E-state index is -0.571. The molecule has 0 aliphatic carbocycles. The normalized spacial score (nSPS) is 16.4. The topological polar surface area (TPSA) is 79.9 Å². The van der Waals surface area contributed by atoms with Gasteiger partial charge in [0.05, 0.1) is 22.8 Å². The highest BCUT2D eigenvalue weighted by Gasteiger charge is 2.33. The highest BCUT2D eigenvalue weighted by Crippen LogP contribution is 2.42. The molecule has 3 aromatic carbocycles. The van der Waals surface area contributed by atoms with Gasteiger partial charge in [-0.2, -0.15) is 0 Å². The first-order valence-electron chi connectivity index (χ1n) is 13.2. The third kappa shape index (κ3) is 5.30. The van der Waals surface area contributed by atoms with E-state index in [9.17, 15) is 9.59 Å². The van der Waals surface area contributed by atoms with E-state index in [4.69, 9.17) is 21.1 Å². The van der Waals surface area contributed by atoms with Gasteiger partial charge in [0, 0.05) is 24.5 Å². The Morgan fingerprint density at radius 3 is 2.65 bits per heavy atom. The number of benzene rings is 3. The molecule has 1 amide bonds. The van der Waals surface area contributed by atoms with E-state index in [0.717, 1.165) is 47.7 Å². The van der Waals surface area contributed by atoms with Crippen LogP contribution in [0, 0.1) is 0 Å². The van der Waals surface area contributed by atoms with Crippen LogP contribution in [0.1, 0.15) is 55.4 Å². The first-order valence-corrected chi connectivity index (χ1v) is 14.4. The maximum absolute atomic E-state index is 13.3. The summed E-state index contributed by atoms with van der Waals surface area (Å²) in [4.78, 5) is 29.7. The van der Waals surface area contributed by atoms with Gasteiger partial charge >= 0.3 is 5.97 Å². The molecule has 7 nitrogen and oxygen atoms in total. The minimum Gasteiger partial charge on any atom is -0.490 e. The van der Waals surface area contributed by atoms with Crippen LogP contribution in [0.15, 0.2) is 72.8 Å². The molecule has 1 aromatic heterocycles. The SMILES string of the molecule is CCOc1cc([C@H]2NC(=O)c3c(sc4c3CCN(Cc3ccccc3)C4)N2)ccc1OC(=O)c1ccccc1Cl. The molecule has 3 heterocycles. The molecule has 6 rings (SSSR count). The summed E-state index contributed by atoms with van der Waals surface area (Å²) in [5.74, 6) is 0.0335. The van der Waals surface area contributed by atoms with Crippen LogP contribution in [0.4, 0.5) is 5.00 Å². The van der Waals surface area contributed by atoms with Crippen molar-refractivity contribution in [1.29, 1.82) is 0 Å². The van der Waals surface area contributed by atoms with Gasteiger partial charge in [-0.25, -0.2) is 4.79 Å². The molecule has 0 fully saturated rings. The van der Waals surface area contributed by atoms with E-state index >= 15 is 0 Å². The summed E-state index contributed by atoms with van der Waals surface area (Å²) in [6.45, 7) is 4.86. The van der Waals surface area contributed by atoms with Crippen molar-refractivity contribution in [2.75, 3.05) is 18.5 Å². The summed E-state index contributed by atoms with van der Waals surface area (Å²) in [5.41, 5.74) is 4.25. The molecule has 0 bridgehead atoms. The van der Waals surface area contributed by atoms with Crippen molar-refractivity contribution >= 4 is 39.8 Å². The van der Waals surface area contributed by atoms with Gasteiger partial charge in [0.2, 0.25) is 0 Å². The van der Waals surface area contributed by atoms with Crippen LogP contribution in [0.2, 0.25) is 5.02 Å². The van der Waals surface area contributed by atoms with Gasteiger partial charge in [-0.05, 0) is 54.3 Å². The molecule has 2 aliphatic heterocycles. The molecule has 9 heteroatoms. The second-order valence-corrected chi connectivity index (χ2v) is 11.2. The number of nitrogens with zero attached hydrogens (tertiary/aromatic N) is 1. The van der Waals surface area contributed by atoms with Crippen molar-refractivity contribution in [3.05, 3.63) is 111 Å². The maximum atomic E-state index is 13.3. The number of hydrogen-bond acceptors (Lipinski definition) is 7. The van der Waals surface area contributed by atoms with Crippen LogP contribution >= 0.6 is 22.9 Å². The lowest BCUT2D eigenvalue weighted by Crippen LogP contribution is -2.38. The Labute approximate surface area is 241 Å². The summed E-state index contributed by atoms with van der Waals surface area (Å²) in [5, 5.41) is 7.81. The zero-order valence-corrected chi connectivity index (χ0v) is 23.5. The highest BCUT2D eigenvalue weighted by molar-refractivity contribution is 7.16. The first kappa shape index (κ1) is 26.4. The summed E-state index contributed by atoms with van der Waals surface area (Å²) in [6, 6.07) is 22.5. The lowest BCUT2D eigenvalue weighted by atomic mass is 10.00. The summed E-state index contributed by atoms with van der Waals surface area (Å²) in [7, 11) is 0. The van der Waals surface area contributed by atoms with Gasteiger partial charge < -0.3 is 20.1 Å². The number of nitrogens with one attached hydrogen (secondary N) is 2. The maximum Gasteiger partial charge on any atom is 0.345 e. The van der Waals surface area contributed by atoms with Gasteiger partial charge in [-0.3, -0.25) is 9.69 Å². The van der Waals surface area contributed by atoms with E-state index in [2.05, 4.69) is 39.8 Å². The van der Waals surface area contributed by atoms with Gasteiger partial charge in [-0.15, -0.1) is 11.3 Å². The van der Waals surface area contributed by atoms with Crippen molar-refractivity contribution in [2.45, 2.75) is 32.6 Å². The summed E-state index contributed by atoms with van der Waals surface area (Å²) < 4.78 is 11.4. The van der Waals surface area contributed by atoms with E-state index < -0.39 is 12.1 Å². The predicted molar refractivity (Wildman–Crippen MR) is 156 cm³/mol. The molecule has 1 atom stereocenters. The lowest BCUT2D eigenvalue weighted by Gasteiger charge is -2.29. The Morgan fingerprint density at radius 1 is 1.05 bits per heavy atom. The number of fused-ring (bicyclic) bond motifs is 3. The third-order valence-electron chi connectivity index (χ3n) is 7.06. The number of halogens is 1. The van der Waals surface area contributed by atoms with Gasteiger partial charge in [0.1, 0.15) is 11.2 Å². The number of ether oxygens (including phenoxy) is 2. The Morgan fingerprint density at radius 2 is 1.85 bits per heavy atom. The second kappa shape index (κ2) is 11.3. The number of hydrogen-bond donors (Lipinski definition) is 2. The number of carbonyl (C=O) groups is 2. The van der Waals surface area contributed by atoms with E-state index in [1.807, 2.05) is 19.1 Å². The molecule has 40 heavy (non-hydrogen) atoms. The molecular formula is C31H28ClN3O4S. The summed E-state index contributed by atoms with van der Waals surface area (Å²) >= 11 is 7.82. The monoisotopic (exact) mass is 573 g/mol. The molecule has 0 unspecified atom stereocenters. The Balaban J connectivity index is 1.21. The van der Waals surface area contributed by atoms with E-state index in [1.165, 1.54) is 10.4 Å². The van der Waals surface area contributed by atoms with Crippen molar-refractivity contribution in [3.8, 4) is 11.5 Å². The lowest BCUT2D eigenvalue weighted by molar-refractivity contribution is 0.0728. The van der Waals surface area contributed by atoms with Crippen molar-refractivity contribution in [2.24, 2.45) is 0 Å². The molecular weight excluding hydrogens is 546 g/mol. The molecule has 0 saturated carbocycles. The van der Waals surface area contributed by atoms with E-state index in [-0.39, 0.29) is 17.2 Å². The van der Waals surface area contributed by atoms with Crippen LogP contribution in [-0.4, -0.2) is 29.9 Å². The van der Waals surface area contributed by atoms with Crippen LogP contribution < -0.4 is 20.1 Å². The van der Waals surface area contributed by atoms with Gasteiger partial charge in [-0.1, -0.05) is 60.1 Å². The zero-order valence-electron chi connectivity index (χ0n) is 21.9. The minimum absolute atomic E-state index is 0.0834. The van der Waals surface area contributed by atoms with Crippen molar-refractivity contribution in [1.82, 2.24) is 10.2 Å². The van der Waals surface area contributed by atoms with E-state index in [1.54, 1.807) is 47.7 Å². The number of amides is 1. The highest BCUT2D eigenvalue weighted by atomic mass is 35.5. The fourth-order valence-electron chi connectivity index (χ4n) is 5.15. The summed E-state index contributed by atoms with van der Waals surface area (Å²) in [6.07, 6.45) is 0.390. The molecule has 0 saturated heterocycles. The number of esters is 1. The first-order chi connectivity index (χ1) is 19.5. The quantitative estimate of drug-likeness (QED) is 0.196. The Kier molecular flexibility index (Phi) is 7.47.